The van der Waals surface area contributed by atoms with E-state index in [9.17, 15) is 17.8 Å². The summed E-state index contributed by atoms with van der Waals surface area (Å²) in [6.07, 6.45) is 4.68. The molecule has 118 valence electrons. The number of carbonyl (C=O) groups is 1. The highest BCUT2D eigenvalue weighted by Gasteiger charge is 2.21. The molecule has 0 heterocycles. The number of nitrogens with one attached hydrogen (secondary N) is 1. The molecule has 1 unspecified atom stereocenters. The van der Waals surface area contributed by atoms with Crippen LogP contribution in [-0.2, 0) is 19.6 Å². The molecule has 0 bridgehead atoms. The highest BCUT2D eigenvalue weighted by atomic mass is 32.2. The van der Waals surface area contributed by atoms with E-state index in [1.807, 2.05) is 0 Å². The van der Waals surface area contributed by atoms with Crippen molar-refractivity contribution < 1.29 is 22.5 Å². The van der Waals surface area contributed by atoms with Crippen LogP contribution in [0, 0.1) is 5.92 Å². The summed E-state index contributed by atoms with van der Waals surface area (Å²) in [7, 11) is -4.41. The summed E-state index contributed by atoms with van der Waals surface area (Å²) in [5.41, 5.74) is 0. The summed E-state index contributed by atoms with van der Waals surface area (Å²) in [5, 5.41) is 3.21. The van der Waals surface area contributed by atoms with E-state index in [2.05, 4.69) is 5.32 Å². The van der Waals surface area contributed by atoms with Gasteiger partial charge in [-0.1, -0.05) is 33.1 Å². The average molecular weight is 306 g/mol. The molecule has 0 aromatic carbocycles. The number of carbonyl (C=O) groups excluding carboxylic acids is 1. The van der Waals surface area contributed by atoms with Crippen LogP contribution >= 0.6 is 0 Å². The van der Waals surface area contributed by atoms with Crippen molar-refractivity contribution in [3.05, 3.63) is 0 Å². The van der Waals surface area contributed by atoms with Crippen LogP contribution in [0.1, 0.15) is 46.0 Å². The Morgan fingerprint density at radius 2 is 1.90 bits per heavy atom. The fourth-order valence-corrected chi connectivity index (χ4v) is 2.91. The quantitative estimate of drug-likeness (QED) is 0.557. The molecule has 1 rings (SSSR count). The van der Waals surface area contributed by atoms with Crippen molar-refractivity contribution in [2.45, 2.75) is 58.1 Å². The zero-order chi connectivity index (χ0) is 15.2. The van der Waals surface area contributed by atoms with Gasteiger partial charge in [-0.05, 0) is 12.8 Å². The van der Waals surface area contributed by atoms with Crippen LogP contribution in [0.3, 0.4) is 0 Å². The first kappa shape index (κ1) is 17.4. The van der Waals surface area contributed by atoms with E-state index in [1.54, 1.807) is 13.8 Å². The Labute approximate surface area is 121 Å². The monoisotopic (exact) mass is 306 g/mol. The molecule has 0 spiro atoms. The van der Waals surface area contributed by atoms with Gasteiger partial charge in [0.1, 0.15) is 6.10 Å². The average Bonchev–Trinajstić information content (AvgIpc) is 2.35. The van der Waals surface area contributed by atoms with Crippen molar-refractivity contribution in [2.24, 2.45) is 5.92 Å². The van der Waals surface area contributed by atoms with Gasteiger partial charge >= 0.3 is 5.97 Å². The minimum Gasteiger partial charge on any atom is -0.748 e. The lowest BCUT2D eigenvalue weighted by atomic mass is 9.95. The van der Waals surface area contributed by atoms with Crippen molar-refractivity contribution >= 4 is 16.1 Å². The largest absolute Gasteiger partial charge is 0.748 e. The number of rotatable bonds is 7. The molecule has 0 amide bonds. The zero-order valence-electron chi connectivity index (χ0n) is 12.1. The standard InChI is InChI=1S/C13H25NO5S/c1-10(2)13(15)19-12(9-20(16,17)18)8-14-11-6-4-3-5-7-11/h10-12,14H,3-9H2,1-2H3,(H,16,17,18)/p-1. The van der Waals surface area contributed by atoms with E-state index in [1.165, 1.54) is 6.42 Å². The van der Waals surface area contributed by atoms with E-state index < -0.39 is 27.9 Å². The maximum Gasteiger partial charge on any atom is 0.308 e. The first-order chi connectivity index (χ1) is 9.28. The second-order valence-corrected chi connectivity index (χ2v) is 7.13. The van der Waals surface area contributed by atoms with Crippen molar-refractivity contribution in [3.8, 4) is 0 Å². The summed E-state index contributed by atoms with van der Waals surface area (Å²) >= 11 is 0. The van der Waals surface area contributed by atoms with Crippen LogP contribution in [0.25, 0.3) is 0 Å². The number of esters is 1. The third kappa shape index (κ3) is 7.21. The second-order valence-electron chi connectivity index (χ2n) is 5.68. The maximum absolute atomic E-state index is 11.5. The van der Waals surface area contributed by atoms with E-state index in [-0.39, 0.29) is 12.5 Å². The molecule has 0 aliphatic heterocycles. The Hall–Kier alpha value is -0.660. The van der Waals surface area contributed by atoms with Gasteiger partial charge in [0.25, 0.3) is 0 Å². The summed E-state index contributed by atoms with van der Waals surface area (Å²) < 4.78 is 37.7. The maximum atomic E-state index is 11.5. The molecule has 0 aromatic rings. The molecule has 1 saturated carbocycles. The topological polar surface area (TPSA) is 95.5 Å². The van der Waals surface area contributed by atoms with E-state index in [4.69, 9.17) is 4.74 Å². The minimum atomic E-state index is -4.41. The van der Waals surface area contributed by atoms with Crippen LogP contribution in [0.5, 0.6) is 0 Å². The smallest absolute Gasteiger partial charge is 0.308 e. The summed E-state index contributed by atoms with van der Waals surface area (Å²) in [4.78, 5) is 11.5. The third-order valence-electron chi connectivity index (χ3n) is 3.38. The number of hydrogen-bond donors (Lipinski definition) is 1. The first-order valence-electron chi connectivity index (χ1n) is 7.15. The van der Waals surface area contributed by atoms with E-state index in [0.29, 0.717) is 6.04 Å². The van der Waals surface area contributed by atoms with Gasteiger partial charge in [-0.3, -0.25) is 4.79 Å². The van der Waals surface area contributed by atoms with Crippen molar-refractivity contribution in [1.82, 2.24) is 5.32 Å². The lowest BCUT2D eigenvalue weighted by molar-refractivity contribution is -0.151. The van der Waals surface area contributed by atoms with Gasteiger partial charge in [-0.15, -0.1) is 0 Å². The van der Waals surface area contributed by atoms with Crippen molar-refractivity contribution in [3.63, 3.8) is 0 Å². The Kier molecular flexibility index (Phi) is 6.91. The van der Waals surface area contributed by atoms with Crippen molar-refractivity contribution in [2.75, 3.05) is 12.3 Å². The van der Waals surface area contributed by atoms with Gasteiger partial charge < -0.3 is 14.6 Å². The van der Waals surface area contributed by atoms with E-state index in [0.717, 1.165) is 25.7 Å². The summed E-state index contributed by atoms with van der Waals surface area (Å²) in [6.45, 7) is 3.55. The number of ether oxygens (including phenoxy) is 1. The predicted octanol–water partition coefficient (Wildman–Crippen LogP) is 1.02. The molecule has 1 atom stereocenters. The van der Waals surface area contributed by atoms with Crippen LogP contribution in [0.15, 0.2) is 0 Å². The predicted molar refractivity (Wildman–Crippen MR) is 74.2 cm³/mol. The van der Waals surface area contributed by atoms with Crippen LogP contribution in [-0.4, -0.2) is 43.4 Å². The molecule has 0 radical (unpaired) electrons. The van der Waals surface area contributed by atoms with Crippen LogP contribution in [0.4, 0.5) is 0 Å². The number of hydrogen-bond acceptors (Lipinski definition) is 6. The van der Waals surface area contributed by atoms with Gasteiger partial charge in [0, 0.05) is 12.6 Å². The normalized spacial score (nSPS) is 19.0. The third-order valence-corrected chi connectivity index (χ3v) is 4.16. The molecule has 1 N–H and O–H groups in total. The minimum absolute atomic E-state index is 0.213. The Morgan fingerprint density at radius 1 is 1.30 bits per heavy atom. The summed E-state index contributed by atoms with van der Waals surface area (Å²) in [5.74, 6) is -1.50. The van der Waals surface area contributed by atoms with Gasteiger partial charge in [-0.2, -0.15) is 0 Å². The van der Waals surface area contributed by atoms with Gasteiger partial charge in [-0.25, -0.2) is 8.42 Å². The summed E-state index contributed by atoms with van der Waals surface area (Å²) in [6, 6.07) is 0.318. The van der Waals surface area contributed by atoms with E-state index >= 15 is 0 Å². The highest BCUT2D eigenvalue weighted by Crippen LogP contribution is 2.17. The SMILES string of the molecule is CC(C)C(=O)OC(CNC1CCCCC1)CS(=O)(=O)[O-]. The fraction of sp³-hybridized carbons (Fsp3) is 0.923. The molecule has 0 aromatic heterocycles. The van der Waals surface area contributed by atoms with Crippen molar-refractivity contribution in [1.29, 1.82) is 0 Å². The van der Waals surface area contributed by atoms with Gasteiger partial charge in [0.05, 0.1) is 21.8 Å². The van der Waals surface area contributed by atoms with Gasteiger partial charge in [0.2, 0.25) is 0 Å². The molecule has 1 aliphatic carbocycles. The highest BCUT2D eigenvalue weighted by molar-refractivity contribution is 7.85. The molecule has 7 heteroatoms. The molecule has 1 fully saturated rings. The fourth-order valence-electron chi connectivity index (χ4n) is 2.27. The first-order valence-corrected chi connectivity index (χ1v) is 8.73. The Morgan fingerprint density at radius 3 is 2.40 bits per heavy atom. The molecule has 0 saturated heterocycles. The molecule has 1 aliphatic rings. The lowest BCUT2D eigenvalue weighted by Gasteiger charge is -2.26. The molecular formula is C13H24NO5S-. The molecular weight excluding hydrogens is 282 g/mol. The lowest BCUT2D eigenvalue weighted by Crippen LogP contribution is -2.42. The Bertz CT molecular complexity index is 401. The van der Waals surface area contributed by atoms with Crippen LogP contribution in [0.2, 0.25) is 0 Å². The Balaban J connectivity index is 2.50. The second kappa shape index (κ2) is 7.95. The van der Waals surface area contributed by atoms with Gasteiger partial charge in [0.15, 0.2) is 0 Å². The molecule has 20 heavy (non-hydrogen) atoms. The zero-order valence-corrected chi connectivity index (χ0v) is 12.9. The van der Waals surface area contributed by atoms with Crippen LogP contribution < -0.4 is 5.32 Å². The molecule has 6 nitrogen and oxygen atoms in total.